The zero-order valence-corrected chi connectivity index (χ0v) is 19.9. The highest BCUT2D eigenvalue weighted by Gasteiger charge is 2.32. The third kappa shape index (κ3) is 4.79. The molecule has 1 N–H and O–H groups in total. The van der Waals surface area contributed by atoms with E-state index in [1.165, 1.54) is 57.2 Å². The molecule has 7 heteroatoms. The van der Waals surface area contributed by atoms with E-state index in [9.17, 15) is 9.59 Å². The number of piperazine rings is 1. The van der Waals surface area contributed by atoms with Crippen LogP contribution in [0, 0.1) is 5.92 Å². The van der Waals surface area contributed by atoms with Gasteiger partial charge in [0.1, 0.15) is 0 Å². The predicted octanol–water partition coefficient (Wildman–Crippen LogP) is 3.58. The van der Waals surface area contributed by atoms with Crippen molar-refractivity contribution in [1.29, 1.82) is 0 Å². The molecular formula is C26H37N5O2. The van der Waals surface area contributed by atoms with Crippen LogP contribution in [0.15, 0.2) is 18.2 Å². The average Bonchev–Trinajstić information content (AvgIpc) is 3.17. The summed E-state index contributed by atoms with van der Waals surface area (Å²) < 4.78 is 1.92. The first kappa shape index (κ1) is 22.4. The fourth-order valence-electron chi connectivity index (χ4n) is 6.10. The number of benzene rings is 1. The molecule has 0 spiro atoms. The van der Waals surface area contributed by atoms with Crippen LogP contribution in [0.25, 0.3) is 10.9 Å². The molecular weight excluding hydrogens is 414 g/mol. The van der Waals surface area contributed by atoms with E-state index in [2.05, 4.69) is 33.3 Å². The van der Waals surface area contributed by atoms with E-state index >= 15 is 0 Å². The minimum absolute atomic E-state index is 0.186. The summed E-state index contributed by atoms with van der Waals surface area (Å²) in [5.74, 6) is 0.205. The Morgan fingerprint density at radius 2 is 1.82 bits per heavy atom. The first-order chi connectivity index (χ1) is 16.1. The number of carbonyl (C=O) groups is 2. The Morgan fingerprint density at radius 3 is 2.58 bits per heavy atom. The SMILES string of the molecule is Cn1nc(C2CCC(=O)NC2=O)c2cccc(N3CCN(CCCC4CCCCC4)CC3)c21. The Bertz CT molecular complexity index is 1000. The molecule has 3 aliphatic rings. The molecule has 5 rings (SSSR count). The standard InChI is InChI=1S/C26H37N5O2/c1-29-25-20(24(28-29)21-12-13-23(32)27-26(21)33)10-5-11-22(25)31-17-15-30(16-18-31)14-6-9-19-7-3-2-4-8-19/h5,10-11,19,21H,2-4,6-9,12-18H2,1H3,(H,27,32,33). The number of rotatable bonds is 6. The minimum atomic E-state index is -0.359. The second-order valence-corrected chi connectivity index (χ2v) is 10.2. The molecule has 1 unspecified atom stereocenters. The van der Waals surface area contributed by atoms with Gasteiger partial charge in [0, 0.05) is 45.0 Å². The number of nitrogens with one attached hydrogen (secondary N) is 1. The van der Waals surface area contributed by atoms with Crippen LogP contribution in [0.1, 0.15) is 69.4 Å². The van der Waals surface area contributed by atoms with Crippen LogP contribution >= 0.6 is 0 Å². The number of hydrogen-bond donors (Lipinski definition) is 1. The Kier molecular flexibility index (Phi) is 6.67. The van der Waals surface area contributed by atoms with Gasteiger partial charge in [-0.05, 0) is 37.8 Å². The van der Waals surface area contributed by atoms with Gasteiger partial charge in [0.2, 0.25) is 11.8 Å². The summed E-state index contributed by atoms with van der Waals surface area (Å²) in [7, 11) is 1.96. The lowest BCUT2D eigenvalue weighted by Crippen LogP contribution is -2.46. The van der Waals surface area contributed by atoms with Gasteiger partial charge >= 0.3 is 0 Å². The number of fused-ring (bicyclic) bond motifs is 1. The monoisotopic (exact) mass is 451 g/mol. The summed E-state index contributed by atoms with van der Waals surface area (Å²) in [6.45, 7) is 5.45. The number of hydrogen-bond acceptors (Lipinski definition) is 5. The van der Waals surface area contributed by atoms with Crippen LogP contribution in [0.3, 0.4) is 0 Å². The van der Waals surface area contributed by atoms with Gasteiger partial charge in [0.05, 0.1) is 22.8 Å². The maximum atomic E-state index is 12.5. The maximum Gasteiger partial charge on any atom is 0.235 e. The predicted molar refractivity (Wildman–Crippen MR) is 130 cm³/mol. The molecule has 1 aliphatic carbocycles. The van der Waals surface area contributed by atoms with Crippen LogP contribution < -0.4 is 10.2 Å². The number of carbonyl (C=O) groups excluding carboxylic acids is 2. The van der Waals surface area contributed by atoms with Crippen molar-refractivity contribution in [2.24, 2.45) is 13.0 Å². The van der Waals surface area contributed by atoms with Gasteiger partial charge in [0.15, 0.2) is 0 Å². The summed E-state index contributed by atoms with van der Waals surface area (Å²) in [5.41, 5.74) is 3.08. The molecule has 2 aliphatic heterocycles. The van der Waals surface area contributed by atoms with Gasteiger partial charge in [0.25, 0.3) is 0 Å². The minimum Gasteiger partial charge on any atom is -0.367 e. The zero-order valence-electron chi connectivity index (χ0n) is 19.9. The van der Waals surface area contributed by atoms with Crippen molar-refractivity contribution < 1.29 is 9.59 Å². The van der Waals surface area contributed by atoms with Gasteiger partial charge in [-0.2, -0.15) is 5.10 Å². The molecule has 1 atom stereocenters. The van der Waals surface area contributed by atoms with E-state index in [4.69, 9.17) is 5.10 Å². The quantitative estimate of drug-likeness (QED) is 0.680. The topological polar surface area (TPSA) is 70.5 Å². The number of piperidine rings is 1. The number of para-hydroxylation sites is 1. The molecule has 2 amide bonds. The molecule has 2 aromatic rings. The molecule has 3 heterocycles. The highest BCUT2D eigenvalue weighted by molar-refractivity contribution is 6.03. The Hall–Kier alpha value is -2.41. The molecule has 3 fully saturated rings. The lowest BCUT2D eigenvalue weighted by Gasteiger charge is -2.36. The van der Waals surface area contributed by atoms with E-state index in [-0.39, 0.29) is 17.7 Å². The van der Waals surface area contributed by atoms with Crippen molar-refractivity contribution in [3.63, 3.8) is 0 Å². The summed E-state index contributed by atoms with van der Waals surface area (Å²) in [6, 6.07) is 6.31. The number of amides is 2. The van der Waals surface area contributed by atoms with Crippen molar-refractivity contribution in [2.75, 3.05) is 37.6 Å². The molecule has 1 saturated carbocycles. The molecule has 2 saturated heterocycles. The van der Waals surface area contributed by atoms with Crippen LogP contribution in [-0.2, 0) is 16.6 Å². The number of imide groups is 1. The van der Waals surface area contributed by atoms with Crippen molar-refractivity contribution in [1.82, 2.24) is 20.0 Å². The summed E-state index contributed by atoms with van der Waals surface area (Å²) in [6.07, 6.45) is 10.8. The van der Waals surface area contributed by atoms with Crippen molar-refractivity contribution in [3.05, 3.63) is 23.9 Å². The highest BCUT2D eigenvalue weighted by atomic mass is 16.2. The van der Waals surface area contributed by atoms with Crippen molar-refractivity contribution >= 4 is 28.4 Å². The molecule has 33 heavy (non-hydrogen) atoms. The molecule has 1 aromatic carbocycles. The fourth-order valence-corrected chi connectivity index (χ4v) is 6.10. The molecule has 0 bridgehead atoms. The van der Waals surface area contributed by atoms with E-state index in [0.717, 1.165) is 48.7 Å². The lowest BCUT2D eigenvalue weighted by atomic mass is 9.86. The Labute approximate surface area is 196 Å². The van der Waals surface area contributed by atoms with Gasteiger partial charge < -0.3 is 4.90 Å². The van der Waals surface area contributed by atoms with Gasteiger partial charge in [-0.1, -0.05) is 44.2 Å². The first-order valence-corrected chi connectivity index (χ1v) is 12.9. The molecule has 178 valence electrons. The van der Waals surface area contributed by atoms with Gasteiger partial charge in [-0.15, -0.1) is 0 Å². The van der Waals surface area contributed by atoms with Crippen molar-refractivity contribution in [3.8, 4) is 0 Å². The average molecular weight is 452 g/mol. The number of nitrogens with zero attached hydrogens (tertiary/aromatic N) is 4. The van der Waals surface area contributed by atoms with Crippen LogP contribution in [0.4, 0.5) is 5.69 Å². The number of aromatic nitrogens is 2. The summed E-state index contributed by atoms with van der Waals surface area (Å²) >= 11 is 0. The third-order valence-electron chi connectivity index (χ3n) is 7.97. The maximum absolute atomic E-state index is 12.5. The van der Waals surface area contributed by atoms with E-state index in [1.54, 1.807) is 0 Å². The Morgan fingerprint density at radius 1 is 1.03 bits per heavy atom. The zero-order chi connectivity index (χ0) is 22.8. The summed E-state index contributed by atoms with van der Waals surface area (Å²) in [5, 5.41) is 8.26. The second-order valence-electron chi connectivity index (χ2n) is 10.2. The summed E-state index contributed by atoms with van der Waals surface area (Å²) in [4.78, 5) is 29.1. The lowest BCUT2D eigenvalue weighted by molar-refractivity contribution is -0.134. The largest absolute Gasteiger partial charge is 0.367 e. The van der Waals surface area contributed by atoms with Crippen LogP contribution in [0.5, 0.6) is 0 Å². The van der Waals surface area contributed by atoms with Crippen LogP contribution in [0.2, 0.25) is 0 Å². The number of aryl methyl sites for hydroxylation is 1. The smallest absolute Gasteiger partial charge is 0.235 e. The highest BCUT2D eigenvalue weighted by Crippen LogP contribution is 2.35. The fraction of sp³-hybridized carbons (Fsp3) is 0.654. The number of anilines is 1. The van der Waals surface area contributed by atoms with E-state index in [1.807, 2.05) is 11.7 Å². The van der Waals surface area contributed by atoms with E-state index < -0.39 is 0 Å². The first-order valence-electron chi connectivity index (χ1n) is 12.9. The van der Waals surface area contributed by atoms with Crippen molar-refractivity contribution in [2.45, 2.75) is 63.7 Å². The third-order valence-corrected chi connectivity index (χ3v) is 7.97. The van der Waals surface area contributed by atoms with Gasteiger partial charge in [-0.25, -0.2) is 0 Å². The van der Waals surface area contributed by atoms with Crippen LogP contribution in [-0.4, -0.2) is 59.2 Å². The normalized spacial score (nSPS) is 23.3. The van der Waals surface area contributed by atoms with Gasteiger partial charge in [-0.3, -0.25) is 24.5 Å². The molecule has 0 radical (unpaired) electrons. The molecule has 7 nitrogen and oxygen atoms in total. The second kappa shape index (κ2) is 9.84. The molecule has 1 aromatic heterocycles. The Balaban J connectivity index is 1.24. The van der Waals surface area contributed by atoms with E-state index in [0.29, 0.717) is 12.8 Å².